The van der Waals surface area contributed by atoms with Gasteiger partial charge in [-0.15, -0.1) is 0 Å². The highest BCUT2D eigenvalue weighted by Crippen LogP contribution is 2.27. The van der Waals surface area contributed by atoms with Crippen LogP contribution in [0.15, 0.2) is 24.3 Å². The average molecular weight is 209 g/mol. The zero-order valence-electron chi connectivity index (χ0n) is 9.76. The highest BCUT2D eigenvalue weighted by Gasteiger charge is 2.18. The van der Waals surface area contributed by atoms with Gasteiger partial charge < -0.3 is 5.32 Å². The van der Waals surface area contributed by atoms with E-state index in [-0.39, 0.29) is 11.9 Å². The molecule has 84 valence electrons. The smallest absolute Gasteiger partial charge is 0.123 e. The van der Waals surface area contributed by atoms with Crippen molar-refractivity contribution in [2.45, 2.75) is 32.7 Å². The van der Waals surface area contributed by atoms with Gasteiger partial charge in [0.2, 0.25) is 0 Å². The zero-order valence-corrected chi connectivity index (χ0v) is 9.76. The van der Waals surface area contributed by atoms with Crippen LogP contribution < -0.4 is 5.32 Å². The molecule has 2 heteroatoms. The number of hydrogen-bond donors (Lipinski definition) is 1. The molecular weight excluding hydrogens is 189 g/mol. The van der Waals surface area contributed by atoms with Crippen molar-refractivity contribution >= 4 is 0 Å². The Morgan fingerprint density at radius 1 is 1.27 bits per heavy atom. The van der Waals surface area contributed by atoms with Crippen molar-refractivity contribution in [2.24, 2.45) is 5.92 Å². The van der Waals surface area contributed by atoms with Crippen molar-refractivity contribution in [2.75, 3.05) is 7.05 Å². The van der Waals surface area contributed by atoms with Gasteiger partial charge in [-0.1, -0.05) is 38.8 Å². The maximum absolute atomic E-state index is 13.1. The van der Waals surface area contributed by atoms with Crippen molar-refractivity contribution in [1.82, 2.24) is 5.32 Å². The first-order chi connectivity index (χ1) is 7.22. The molecule has 0 aliphatic heterocycles. The molecule has 1 aromatic rings. The van der Waals surface area contributed by atoms with E-state index in [9.17, 15) is 4.39 Å². The third kappa shape index (κ3) is 3.03. The van der Waals surface area contributed by atoms with Gasteiger partial charge in [-0.05, 0) is 30.7 Å². The van der Waals surface area contributed by atoms with E-state index in [1.165, 1.54) is 6.07 Å². The largest absolute Gasteiger partial charge is 0.313 e. The van der Waals surface area contributed by atoms with Gasteiger partial charge in [0.15, 0.2) is 0 Å². The van der Waals surface area contributed by atoms with Crippen molar-refractivity contribution in [3.8, 4) is 0 Å². The highest BCUT2D eigenvalue weighted by molar-refractivity contribution is 5.20. The van der Waals surface area contributed by atoms with Crippen LogP contribution in [0.1, 0.15) is 38.3 Å². The zero-order chi connectivity index (χ0) is 11.3. The average Bonchev–Trinajstić information content (AvgIpc) is 2.25. The SMILES string of the molecule is CCC(CC)C(NC)c1cccc(F)c1. The molecule has 0 bridgehead atoms. The summed E-state index contributed by atoms with van der Waals surface area (Å²) in [6.07, 6.45) is 2.22. The first kappa shape index (κ1) is 12.2. The van der Waals surface area contributed by atoms with Gasteiger partial charge in [-0.25, -0.2) is 4.39 Å². The Kier molecular flexibility index (Phi) is 4.76. The second kappa shape index (κ2) is 5.86. The van der Waals surface area contributed by atoms with Crippen LogP contribution in [0.25, 0.3) is 0 Å². The second-order valence-corrected chi connectivity index (χ2v) is 3.90. The summed E-state index contributed by atoms with van der Waals surface area (Å²) in [4.78, 5) is 0. The van der Waals surface area contributed by atoms with Crippen LogP contribution in [0.4, 0.5) is 4.39 Å². The van der Waals surface area contributed by atoms with Gasteiger partial charge in [0.1, 0.15) is 5.82 Å². The Morgan fingerprint density at radius 3 is 2.40 bits per heavy atom. The standard InChI is InChI=1S/C13H20FN/c1-4-10(5-2)13(15-3)11-7-6-8-12(14)9-11/h6-10,13,15H,4-5H2,1-3H3. The van der Waals surface area contributed by atoms with E-state index in [0.29, 0.717) is 5.92 Å². The molecule has 0 saturated heterocycles. The molecule has 15 heavy (non-hydrogen) atoms. The summed E-state index contributed by atoms with van der Waals surface area (Å²) in [6.45, 7) is 4.36. The monoisotopic (exact) mass is 209 g/mol. The minimum absolute atomic E-state index is 0.154. The lowest BCUT2D eigenvalue weighted by Crippen LogP contribution is -2.24. The maximum Gasteiger partial charge on any atom is 0.123 e. The molecule has 0 heterocycles. The molecule has 0 radical (unpaired) electrons. The lowest BCUT2D eigenvalue weighted by molar-refractivity contribution is 0.358. The summed E-state index contributed by atoms with van der Waals surface area (Å²) < 4.78 is 13.1. The van der Waals surface area contributed by atoms with Crippen LogP contribution in [0.2, 0.25) is 0 Å². The highest BCUT2D eigenvalue weighted by atomic mass is 19.1. The van der Waals surface area contributed by atoms with Crippen LogP contribution in [0.5, 0.6) is 0 Å². The van der Waals surface area contributed by atoms with Gasteiger partial charge >= 0.3 is 0 Å². The molecule has 0 spiro atoms. The van der Waals surface area contributed by atoms with Crippen molar-refractivity contribution in [1.29, 1.82) is 0 Å². The maximum atomic E-state index is 13.1. The lowest BCUT2D eigenvalue weighted by atomic mass is 9.89. The quantitative estimate of drug-likeness (QED) is 0.782. The third-order valence-corrected chi connectivity index (χ3v) is 3.04. The summed E-state index contributed by atoms with van der Waals surface area (Å²) in [6, 6.07) is 7.14. The van der Waals surface area contributed by atoms with E-state index in [1.54, 1.807) is 12.1 Å². The Bertz CT molecular complexity index is 294. The van der Waals surface area contributed by atoms with Crippen molar-refractivity contribution < 1.29 is 4.39 Å². The molecule has 0 aliphatic carbocycles. The van der Waals surface area contributed by atoms with Crippen LogP contribution in [-0.4, -0.2) is 7.05 Å². The van der Waals surface area contributed by atoms with Crippen molar-refractivity contribution in [3.63, 3.8) is 0 Å². The lowest BCUT2D eigenvalue weighted by Gasteiger charge is -2.25. The van der Waals surface area contributed by atoms with Crippen LogP contribution in [0, 0.1) is 11.7 Å². The first-order valence-electron chi connectivity index (χ1n) is 5.65. The summed E-state index contributed by atoms with van der Waals surface area (Å²) in [5.74, 6) is 0.413. The molecule has 1 aromatic carbocycles. The van der Waals surface area contributed by atoms with Gasteiger partial charge in [0.25, 0.3) is 0 Å². The number of halogens is 1. The Morgan fingerprint density at radius 2 is 1.93 bits per heavy atom. The van der Waals surface area contributed by atoms with E-state index in [2.05, 4.69) is 19.2 Å². The summed E-state index contributed by atoms with van der Waals surface area (Å²) in [7, 11) is 1.94. The summed E-state index contributed by atoms with van der Waals surface area (Å²) >= 11 is 0. The number of nitrogens with one attached hydrogen (secondary N) is 1. The van der Waals surface area contributed by atoms with Crippen molar-refractivity contribution in [3.05, 3.63) is 35.6 Å². The predicted molar refractivity (Wildman–Crippen MR) is 62.3 cm³/mol. The molecular formula is C13H20FN. The Balaban J connectivity index is 2.90. The van der Waals surface area contributed by atoms with Gasteiger partial charge in [0, 0.05) is 6.04 Å². The van der Waals surface area contributed by atoms with E-state index in [4.69, 9.17) is 0 Å². The molecule has 0 saturated carbocycles. The summed E-state index contributed by atoms with van der Waals surface area (Å²) in [5.41, 5.74) is 1.05. The fourth-order valence-corrected chi connectivity index (χ4v) is 2.13. The van der Waals surface area contributed by atoms with Crippen LogP contribution in [0.3, 0.4) is 0 Å². The number of benzene rings is 1. The Labute approximate surface area is 91.7 Å². The topological polar surface area (TPSA) is 12.0 Å². The van der Waals surface area contributed by atoms with Crippen LogP contribution >= 0.6 is 0 Å². The number of rotatable bonds is 5. The van der Waals surface area contributed by atoms with E-state index >= 15 is 0 Å². The molecule has 1 N–H and O–H groups in total. The molecule has 1 rings (SSSR count). The minimum atomic E-state index is -0.154. The van der Waals surface area contributed by atoms with Gasteiger partial charge in [0.05, 0.1) is 0 Å². The second-order valence-electron chi connectivity index (χ2n) is 3.90. The minimum Gasteiger partial charge on any atom is -0.313 e. The van der Waals surface area contributed by atoms with Gasteiger partial charge in [-0.2, -0.15) is 0 Å². The fourth-order valence-electron chi connectivity index (χ4n) is 2.13. The Hall–Kier alpha value is -0.890. The fraction of sp³-hybridized carbons (Fsp3) is 0.538. The predicted octanol–water partition coefficient (Wildman–Crippen LogP) is 3.52. The molecule has 1 atom stereocenters. The van der Waals surface area contributed by atoms with E-state index in [0.717, 1.165) is 18.4 Å². The van der Waals surface area contributed by atoms with E-state index < -0.39 is 0 Å². The molecule has 0 aromatic heterocycles. The van der Waals surface area contributed by atoms with E-state index in [1.807, 2.05) is 13.1 Å². The molecule has 0 fully saturated rings. The first-order valence-corrected chi connectivity index (χ1v) is 5.65. The molecule has 0 aliphatic rings. The molecule has 1 nitrogen and oxygen atoms in total. The third-order valence-electron chi connectivity index (χ3n) is 3.04. The normalized spacial score (nSPS) is 13.1. The molecule has 0 amide bonds. The number of hydrogen-bond acceptors (Lipinski definition) is 1. The van der Waals surface area contributed by atoms with Gasteiger partial charge in [-0.3, -0.25) is 0 Å². The summed E-state index contributed by atoms with van der Waals surface area (Å²) in [5, 5.41) is 3.28. The molecule has 1 unspecified atom stereocenters. The van der Waals surface area contributed by atoms with Crippen LogP contribution in [-0.2, 0) is 0 Å².